The van der Waals surface area contributed by atoms with Gasteiger partial charge in [-0.2, -0.15) is 0 Å². The number of nitrogens with two attached hydrogens (primary N) is 2. The van der Waals surface area contributed by atoms with E-state index in [2.05, 4.69) is 9.97 Å². The Labute approximate surface area is 117 Å². The largest absolute Gasteiger partial charge is 0.397 e. The first-order chi connectivity index (χ1) is 9.75. The Morgan fingerprint density at radius 3 is 2.45 bits per heavy atom. The summed E-state index contributed by atoms with van der Waals surface area (Å²) < 4.78 is 0. The second-order valence-corrected chi connectivity index (χ2v) is 4.48. The summed E-state index contributed by atoms with van der Waals surface area (Å²) in [6.07, 6.45) is 5.28. The molecule has 0 saturated heterocycles. The Hall–Kier alpha value is -2.88. The van der Waals surface area contributed by atoms with Gasteiger partial charge in [0, 0.05) is 29.7 Å². The second-order valence-electron chi connectivity index (χ2n) is 4.48. The van der Waals surface area contributed by atoms with Crippen LogP contribution in [0.3, 0.4) is 0 Å². The lowest BCUT2D eigenvalue weighted by Crippen LogP contribution is -1.99. The van der Waals surface area contributed by atoms with Crippen LogP contribution in [0, 0.1) is 0 Å². The molecule has 20 heavy (non-hydrogen) atoms. The van der Waals surface area contributed by atoms with Crippen LogP contribution >= 0.6 is 0 Å². The molecule has 0 aliphatic rings. The average Bonchev–Trinajstić information content (AvgIpc) is 2.51. The van der Waals surface area contributed by atoms with Gasteiger partial charge in [-0.25, -0.2) is 0 Å². The van der Waals surface area contributed by atoms with Crippen molar-refractivity contribution in [2.45, 2.75) is 0 Å². The van der Waals surface area contributed by atoms with Crippen molar-refractivity contribution in [2.24, 2.45) is 0 Å². The number of pyridine rings is 2. The van der Waals surface area contributed by atoms with Crippen molar-refractivity contribution in [1.82, 2.24) is 9.97 Å². The summed E-state index contributed by atoms with van der Waals surface area (Å²) in [4.78, 5) is 8.46. The summed E-state index contributed by atoms with van der Waals surface area (Å²) in [5.74, 6) is 0. The molecule has 0 aliphatic heterocycles. The summed E-state index contributed by atoms with van der Waals surface area (Å²) in [5.41, 5.74) is 16.8. The van der Waals surface area contributed by atoms with Crippen molar-refractivity contribution in [3.05, 3.63) is 61.1 Å². The quantitative estimate of drug-likeness (QED) is 0.696. The lowest BCUT2D eigenvalue weighted by atomic mass is 10.00. The van der Waals surface area contributed by atoms with Gasteiger partial charge in [-0.15, -0.1) is 0 Å². The molecule has 4 heteroatoms. The molecule has 0 atom stereocenters. The molecule has 0 bridgehead atoms. The van der Waals surface area contributed by atoms with Crippen molar-refractivity contribution in [1.29, 1.82) is 0 Å². The van der Waals surface area contributed by atoms with E-state index in [9.17, 15) is 0 Å². The van der Waals surface area contributed by atoms with Crippen LogP contribution in [0.4, 0.5) is 11.4 Å². The number of aromatic nitrogens is 2. The third kappa shape index (κ3) is 2.19. The van der Waals surface area contributed by atoms with Crippen LogP contribution in [0.15, 0.2) is 61.1 Å². The number of hydrogen-bond acceptors (Lipinski definition) is 4. The van der Waals surface area contributed by atoms with Gasteiger partial charge in [-0.3, -0.25) is 9.97 Å². The zero-order valence-electron chi connectivity index (χ0n) is 10.8. The fourth-order valence-electron chi connectivity index (χ4n) is 2.11. The van der Waals surface area contributed by atoms with Crippen molar-refractivity contribution in [2.75, 3.05) is 11.5 Å². The van der Waals surface area contributed by atoms with Gasteiger partial charge < -0.3 is 11.5 Å². The highest BCUT2D eigenvalue weighted by Crippen LogP contribution is 2.34. The maximum absolute atomic E-state index is 6.08. The first-order valence-electron chi connectivity index (χ1n) is 6.26. The lowest BCUT2D eigenvalue weighted by Gasteiger charge is -2.11. The fourth-order valence-corrected chi connectivity index (χ4v) is 2.11. The van der Waals surface area contributed by atoms with E-state index in [1.54, 1.807) is 18.6 Å². The van der Waals surface area contributed by atoms with E-state index >= 15 is 0 Å². The number of benzene rings is 1. The van der Waals surface area contributed by atoms with E-state index in [1.807, 2.05) is 42.5 Å². The van der Waals surface area contributed by atoms with Crippen molar-refractivity contribution < 1.29 is 0 Å². The first kappa shape index (κ1) is 12.2. The fraction of sp³-hybridized carbons (Fsp3) is 0. The molecule has 4 nitrogen and oxygen atoms in total. The first-order valence-corrected chi connectivity index (χ1v) is 6.26. The SMILES string of the molecule is Nc1cc(-c2cccnc2)cc(-c2ccccn2)c1N. The molecule has 2 heterocycles. The number of rotatable bonds is 2. The maximum atomic E-state index is 6.08. The zero-order valence-corrected chi connectivity index (χ0v) is 10.8. The van der Waals surface area contributed by atoms with Crippen molar-refractivity contribution in [3.63, 3.8) is 0 Å². The van der Waals surface area contributed by atoms with Gasteiger partial charge in [0.25, 0.3) is 0 Å². The Morgan fingerprint density at radius 2 is 1.75 bits per heavy atom. The molecular weight excluding hydrogens is 248 g/mol. The number of nitrogens with zero attached hydrogens (tertiary/aromatic N) is 2. The van der Waals surface area contributed by atoms with Gasteiger partial charge in [0.1, 0.15) is 0 Å². The molecule has 4 N–H and O–H groups in total. The van der Waals surface area contributed by atoms with Crippen LogP contribution in [0.2, 0.25) is 0 Å². The van der Waals surface area contributed by atoms with Gasteiger partial charge in [-0.1, -0.05) is 12.1 Å². The molecule has 0 fully saturated rings. The number of hydrogen-bond donors (Lipinski definition) is 2. The predicted molar refractivity (Wildman–Crippen MR) is 81.7 cm³/mol. The van der Waals surface area contributed by atoms with Crippen LogP contribution < -0.4 is 11.5 Å². The van der Waals surface area contributed by atoms with Crippen LogP contribution in [-0.4, -0.2) is 9.97 Å². The molecule has 0 unspecified atom stereocenters. The third-order valence-corrected chi connectivity index (χ3v) is 3.15. The number of anilines is 2. The summed E-state index contributed by atoms with van der Waals surface area (Å²) in [7, 11) is 0. The van der Waals surface area contributed by atoms with E-state index < -0.39 is 0 Å². The Bertz CT molecular complexity index is 724. The minimum absolute atomic E-state index is 0.548. The highest BCUT2D eigenvalue weighted by molar-refractivity contribution is 5.88. The Morgan fingerprint density at radius 1 is 0.850 bits per heavy atom. The van der Waals surface area contributed by atoms with Gasteiger partial charge in [-0.05, 0) is 35.9 Å². The smallest absolute Gasteiger partial charge is 0.0723 e. The molecule has 2 aromatic heterocycles. The maximum Gasteiger partial charge on any atom is 0.0723 e. The highest BCUT2D eigenvalue weighted by Gasteiger charge is 2.10. The van der Waals surface area contributed by atoms with E-state index in [0.29, 0.717) is 11.4 Å². The van der Waals surface area contributed by atoms with E-state index in [0.717, 1.165) is 22.4 Å². The molecule has 0 radical (unpaired) electrons. The lowest BCUT2D eigenvalue weighted by molar-refractivity contribution is 1.32. The van der Waals surface area contributed by atoms with E-state index in [-0.39, 0.29) is 0 Å². The summed E-state index contributed by atoms with van der Waals surface area (Å²) in [5, 5.41) is 0. The second kappa shape index (κ2) is 5.01. The van der Waals surface area contributed by atoms with Gasteiger partial charge in [0.2, 0.25) is 0 Å². The van der Waals surface area contributed by atoms with Crippen LogP contribution in [0.5, 0.6) is 0 Å². The summed E-state index contributed by atoms with van der Waals surface area (Å²) in [6, 6.07) is 13.4. The Kier molecular flexibility index (Phi) is 3.05. The molecule has 3 rings (SSSR count). The zero-order chi connectivity index (χ0) is 13.9. The van der Waals surface area contributed by atoms with Gasteiger partial charge in [0.05, 0.1) is 17.1 Å². The van der Waals surface area contributed by atoms with E-state index in [1.165, 1.54) is 0 Å². The standard InChI is InChI=1S/C16H14N4/c17-14-9-12(11-4-3-6-19-10-11)8-13(16(14)18)15-5-1-2-7-20-15/h1-10H,17-18H2. The minimum Gasteiger partial charge on any atom is -0.397 e. The summed E-state index contributed by atoms with van der Waals surface area (Å²) in [6.45, 7) is 0. The van der Waals surface area contributed by atoms with Crippen LogP contribution in [-0.2, 0) is 0 Å². The molecule has 0 amide bonds. The van der Waals surface area contributed by atoms with E-state index in [4.69, 9.17) is 11.5 Å². The molecule has 0 spiro atoms. The molecular formula is C16H14N4. The molecule has 1 aromatic carbocycles. The monoisotopic (exact) mass is 262 g/mol. The predicted octanol–water partition coefficient (Wildman–Crippen LogP) is 2.98. The van der Waals surface area contributed by atoms with Crippen LogP contribution in [0.1, 0.15) is 0 Å². The number of nitrogen functional groups attached to an aromatic ring is 2. The molecule has 3 aromatic rings. The minimum atomic E-state index is 0.548. The van der Waals surface area contributed by atoms with Gasteiger partial charge in [0.15, 0.2) is 0 Å². The van der Waals surface area contributed by atoms with Crippen molar-refractivity contribution in [3.8, 4) is 22.4 Å². The highest BCUT2D eigenvalue weighted by atomic mass is 14.7. The van der Waals surface area contributed by atoms with Crippen LogP contribution in [0.25, 0.3) is 22.4 Å². The third-order valence-electron chi connectivity index (χ3n) is 3.15. The average molecular weight is 262 g/mol. The van der Waals surface area contributed by atoms with Gasteiger partial charge >= 0.3 is 0 Å². The molecule has 0 saturated carbocycles. The molecule has 98 valence electrons. The van der Waals surface area contributed by atoms with Crippen molar-refractivity contribution >= 4 is 11.4 Å². The Balaban J connectivity index is 2.19. The summed E-state index contributed by atoms with van der Waals surface area (Å²) >= 11 is 0. The topological polar surface area (TPSA) is 77.8 Å². The molecule has 0 aliphatic carbocycles. The normalized spacial score (nSPS) is 10.4.